The van der Waals surface area contributed by atoms with Gasteiger partial charge in [0.05, 0.1) is 41.3 Å². The van der Waals surface area contributed by atoms with Crippen molar-refractivity contribution in [2.24, 2.45) is 0 Å². The second kappa shape index (κ2) is 7.64. The van der Waals surface area contributed by atoms with E-state index in [9.17, 15) is 13.5 Å². The minimum atomic E-state index is -3.79. The molecule has 1 atom stereocenters. The van der Waals surface area contributed by atoms with Crippen molar-refractivity contribution in [2.45, 2.75) is 43.9 Å². The third kappa shape index (κ3) is 3.41. The van der Waals surface area contributed by atoms with Gasteiger partial charge in [0.1, 0.15) is 0 Å². The lowest BCUT2D eigenvalue weighted by molar-refractivity contribution is 0.274. The van der Waals surface area contributed by atoms with Crippen LogP contribution in [0, 0.1) is 6.92 Å². The molecule has 1 aliphatic heterocycles. The van der Waals surface area contributed by atoms with E-state index in [4.69, 9.17) is 5.73 Å². The topological polar surface area (TPSA) is 128 Å². The van der Waals surface area contributed by atoms with Crippen LogP contribution in [0.5, 0.6) is 0 Å². The molecule has 32 heavy (non-hydrogen) atoms. The Kier molecular flexibility index (Phi) is 4.90. The molecule has 0 saturated carbocycles. The van der Waals surface area contributed by atoms with E-state index in [1.807, 2.05) is 17.7 Å². The number of aliphatic hydroxyl groups is 1. The number of aliphatic hydroxyl groups excluding tert-OH is 1. The molecule has 4 aromatic rings. The van der Waals surface area contributed by atoms with Crippen LogP contribution in [-0.2, 0) is 29.6 Å². The number of anilines is 2. The molecule has 0 aliphatic carbocycles. The highest BCUT2D eigenvalue weighted by Crippen LogP contribution is 2.32. The zero-order valence-electron chi connectivity index (χ0n) is 17.6. The van der Waals surface area contributed by atoms with Crippen molar-refractivity contribution < 1.29 is 13.5 Å². The van der Waals surface area contributed by atoms with Crippen LogP contribution in [0.4, 0.5) is 11.4 Å². The van der Waals surface area contributed by atoms with E-state index in [2.05, 4.69) is 15.4 Å². The van der Waals surface area contributed by atoms with E-state index >= 15 is 0 Å². The smallest absolute Gasteiger partial charge is 0.269 e. The number of aromatic nitrogens is 4. The summed E-state index contributed by atoms with van der Waals surface area (Å²) in [6, 6.07) is 10.4. The number of nitrogens with zero attached hydrogens (tertiary/aromatic N) is 4. The van der Waals surface area contributed by atoms with Gasteiger partial charge in [-0.2, -0.15) is 5.10 Å². The molecule has 5 rings (SSSR count). The van der Waals surface area contributed by atoms with Gasteiger partial charge in [0, 0.05) is 23.3 Å². The first-order chi connectivity index (χ1) is 15.4. The summed E-state index contributed by atoms with van der Waals surface area (Å²) in [6.45, 7) is 2.45. The number of aryl methyl sites for hydroxylation is 2. The van der Waals surface area contributed by atoms with Crippen molar-refractivity contribution >= 4 is 32.4 Å². The van der Waals surface area contributed by atoms with Crippen molar-refractivity contribution in [3.63, 3.8) is 0 Å². The molecule has 1 unspecified atom stereocenters. The molecule has 0 radical (unpaired) electrons. The summed E-state index contributed by atoms with van der Waals surface area (Å²) in [6.07, 6.45) is 4.68. The van der Waals surface area contributed by atoms with Gasteiger partial charge in [-0.05, 0) is 44.0 Å². The van der Waals surface area contributed by atoms with E-state index in [1.54, 1.807) is 30.3 Å². The first-order valence-corrected chi connectivity index (χ1v) is 11.8. The minimum absolute atomic E-state index is 0.0545. The van der Waals surface area contributed by atoms with E-state index < -0.39 is 10.0 Å². The maximum atomic E-state index is 13.2. The molecule has 0 saturated heterocycles. The Morgan fingerprint density at radius 3 is 2.78 bits per heavy atom. The second-order valence-electron chi connectivity index (χ2n) is 8.10. The van der Waals surface area contributed by atoms with Crippen molar-refractivity contribution in [3.8, 4) is 0 Å². The molecule has 0 spiro atoms. The fourth-order valence-electron chi connectivity index (χ4n) is 4.15. The van der Waals surface area contributed by atoms with Gasteiger partial charge in [-0.25, -0.2) is 17.4 Å². The zero-order chi connectivity index (χ0) is 22.5. The number of fused-ring (bicyclic) bond motifs is 2. The quantitative estimate of drug-likeness (QED) is 0.424. The maximum absolute atomic E-state index is 13.2. The molecular weight excluding hydrogens is 428 g/mol. The number of nitrogen functional groups attached to an aromatic ring is 1. The normalized spacial score (nSPS) is 16.2. The van der Waals surface area contributed by atoms with Crippen molar-refractivity contribution in [3.05, 3.63) is 65.7 Å². The van der Waals surface area contributed by atoms with Crippen molar-refractivity contribution in [1.82, 2.24) is 18.7 Å². The largest absolute Gasteiger partial charge is 0.396 e. The SMILES string of the molecule is Cc1ccc(S(=O)(=O)n2ccc3c(NC4CCc5cc(CO)nn5C4)c(N)cnc32)cc1. The van der Waals surface area contributed by atoms with Gasteiger partial charge < -0.3 is 16.2 Å². The summed E-state index contributed by atoms with van der Waals surface area (Å²) in [5.41, 5.74) is 10.4. The van der Waals surface area contributed by atoms with Gasteiger partial charge in [0.25, 0.3) is 10.0 Å². The predicted octanol–water partition coefficient (Wildman–Crippen LogP) is 2.28. The Labute approximate surface area is 185 Å². The molecule has 3 aromatic heterocycles. The standard InChI is InChI=1S/C22H24N6O3S/c1-14-2-6-18(7-3-14)32(30,31)28-9-8-19-21(20(23)11-24-22(19)28)25-15-4-5-17-10-16(13-29)26-27(17)12-15/h2-3,6-11,15,29H,4-5,12-13,23H2,1H3,(H,24,25). The Bertz CT molecular complexity index is 1410. The lowest BCUT2D eigenvalue weighted by Gasteiger charge is -2.26. The zero-order valence-corrected chi connectivity index (χ0v) is 18.4. The van der Waals surface area contributed by atoms with Gasteiger partial charge in [0.15, 0.2) is 5.65 Å². The average molecular weight is 453 g/mol. The number of nitrogens with two attached hydrogens (primary N) is 1. The van der Waals surface area contributed by atoms with Gasteiger partial charge in [-0.3, -0.25) is 4.68 Å². The third-order valence-corrected chi connectivity index (χ3v) is 7.54. The maximum Gasteiger partial charge on any atom is 0.269 e. The van der Waals surface area contributed by atoms with Crippen LogP contribution in [0.25, 0.3) is 11.0 Å². The average Bonchev–Trinajstić information content (AvgIpc) is 3.40. The van der Waals surface area contributed by atoms with E-state index in [1.165, 1.54) is 16.4 Å². The predicted molar refractivity (Wildman–Crippen MR) is 122 cm³/mol. The molecule has 166 valence electrons. The number of nitrogens with one attached hydrogen (secondary N) is 1. The Hall–Kier alpha value is -3.37. The van der Waals surface area contributed by atoms with Gasteiger partial charge in [-0.1, -0.05) is 17.7 Å². The summed E-state index contributed by atoms with van der Waals surface area (Å²) in [7, 11) is -3.79. The summed E-state index contributed by atoms with van der Waals surface area (Å²) in [5.74, 6) is 0. The highest BCUT2D eigenvalue weighted by Gasteiger charge is 2.24. The third-order valence-electron chi connectivity index (χ3n) is 5.85. The van der Waals surface area contributed by atoms with Crippen LogP contribution >= 0.6 is 0 Å². The minimum Gasteiger partial charge on any atom is -0.396 e. The van der Waals surface area contributed by atoms with Crippen LogP contribution in [0.3, 0.4) is 0 Å². The number of hydrogen-bond donors (Lipinski definition) is 3. The molecule has 1 aliphatic rings. The first kappa shape index (κ1) is 20.5. The van der Waals surface area contributed by atoms with Crippen molar-refractivity contribution in [2.75, 3.05) is 11.1 Å². The first-order valence-electron chi connectivity index (χ1n) is 10.4. The monoisotopic (exact) mass is 452 g/mol. The van der Waals surface area contributed by atoms with E-state index in [0.717, 1.165) is 24.1 Å². The summed E-state index contributed by atoms with van der Waals surface area (Å²) < 4.78 is 29.5. The van der Waals surface area contributed by atoms with Crippen LogP contribution in [0.1, 0.15) is 23.4 Å². The number of benzene rings is 1. The number of hydrogen-bond acceptors (Lipinski definition) is 7. The molecular formula is C22H24N6O3S. The van der Waals surface area contributed by atoms with E-state index in [0.29, 0.717) is 34.6 Å². The lowest BCUT2D eigenvalue weighted by atomic mass is 10.0. The lowest BCUT2D eigenvalue weighted by Crippen LogP contribution is -2.32. The van der Waals surface area contributed by atoms with Crippen molar-refractivity contribution in [1.29, 1.82) is 0 Å². The number of rotatable bonds is 5. The highest BCUT2D eigenvalue weighted by molar-refractivity contribution is 7.90. The molecule has 0 bridgehead atoms. The van der Waals surface area contributed by atoms with Gasteiger partial charge in [-0.15, -0.1) is 0 Å². The van der Waals surface area contributed by atoms with Crippen LogP contribution in [0.2, 0.25) is 0 Å². The van der Waals surface area contributed by atoms with Crippen LogP contribution in [-0.4, -0.2) is 38.3 Å². The van der Waals surface area contributed by atoms with Crippen LogP contribution < -0.4 is 11.1 Å². The Balaban J connectivity index is 1.49. The molecule has 1 aromatic carbocycles. The molecule has 0 amide bonds. The number of pyridine rings is 1. The fourth-order valence-corrected chi connectivity index (χ4v) is 5.45. The fraction of sp³-hybridized carbons (Fsp3) is 0.273. The Morgan fingerprint density at radius 2 is 2.03 bits per heavy atom. The molecule has 10 heteroatoms. The summed E-state index contributed by atoms with van der Waals surface area (Å²) in [4.78, 5) is 4.53. The van der Waals surface area contributed by atoms with Gasteiger partial charge in [0.2, 0.25) is 0 Å². The van der Waals surface area contributed by atoms with E-state index in [-0.39, 0.29) is 17.5 Å². The second-order valence-corrected chi connectivity index (χ2v) is 9.92. The molecule has 4 N–H and O–H groups in total. The molecule has 4 heterocycles. The summed E-state index contributed by atoms with van der Waals surface area (Å²) in [5, 5.41) is 17.9. The Morgan fingerprint density at radius 1 is 1.25 bits per heavy atom. The van der Waals surface area contributed by atoms with Gasteiger partial charge >= 0.3 is 0 Å². The highest BCUT2D eigenvalue weighted by atomic mass is 32.2. The molecule has 9 nitrogen and oxygen atoms in total. The summed E-state index contributed by atoms with van der Waals surface area (Å²) >= 11 is 0. The van der Waals surface area contributed by atoms with Crippen LogP contribution in [0.15, 0.2) is 53.7 Å². The molecule has 0 fully saturated rings.